The number of halogens is 1. The minimum atomic E-state index is -0.859. The van der Waals surface area contributed by atoms with E-state index in [1.807, 2.05) is 0 Å². The van der Waals surface area contributed by atoms with E-state index in [-0.39, 0.29) is 31.4 Å². The van der Waals surface area contributed by atoms with Crippen molar-refractivity contribution in [3.8, 4) is 5.75 Å². The van der Waals surface area contributed by atoms with Crippen LogP contribution in [0.15, 0.2) is 18.2 Å². The van der Waals surface area contributed by atoms with E-state index < -0.39 is 12.1 Å². The number of hydrogen-bond acceptors (Lipinski definition) is 6. The second-order valence-electron chi connectivity index (χ2n) is 9.05. The number of carboxylic acid groups (broad SMARTS) is 1. The molecule has 1 aromatic carbocycles. The quantitative estimate of drug-likeness (QED) is 0.600. The van der Waals surface area contributed by atoms with Crippen molar-refractivity contribution in [2.24, 2.45) is 5.92 Å². The number of nitrogens with zero attached hydrogens (tertiary/aromatic N) is 4. The van der Waals surface area contributed by atoms with E-state index in [9.17, 15) is 19.2 Å². The van der Waals surface area contributed by atoms with Crippen LogP contribution in [0.4, 0.5) is 15.3 Å². The molecule has 3 fully saturated rings. The summed E-state index contributed by atoms with van der Waals surface area (Å²) in [5.41, 5.74) is 0.423. The number of urea groups is 1. The Kier molecular flexibility index (Phi) is 7.97. The molecule has 3 heterocycles. The molecule has 3 saturated heterocycles. The Hall–Kier alpha value is -3.05. The molecule has 5 amide bonds. The number of imide groups is 1. The standard InChI is InChI=1S/C23H30ClN5O6/c24-18-2-1-17(13-19(18)29-8-5-20(30)25-22(29)32)35-15-21(31)27-6-3-16(4-7-27)14-26-9-11-28(12-10-26)23(33)34/h1-2,13,16H,3-12,14-15H2,(H,33,34)(H,25,30,32). The average Bonchev–Trinajstić information content (AvgIpc) is 2.84. The van der Waals surface area contributed by atoms with Gasteiger partial charge in [-0.1, -0.05) is 11.6 Å². The van der Waals surface area contributed by atoms with Gasteiger partial charge in [-0.3, -0.25) is 24.7 Å². The normalized spacial score (nSPS) is 20.1. The molecular weight excluding hydrogens is 478 g/mol. The minimum Gasteiger partial charge on any atom is -0.484 e. The fraction of sp³-hybridized carbons (Fsp3) is 0.565. The zero-order chi connectivity index (χ0) is 24.9. The number of piperazine rings is 1. The molecule has 190 valence electrons. The molecule has 0 atom stereocenters. The van der Waals surface area contributed by atoms with Crippen LogP contribution in [-0.4, -0.2) is 103 Å². The summed E-state index contributed by atoms with van der Waals surface area (Å²) < 4.78 is 5.71. The van der Waals surface area contributed by atoms with Crippen LogP contribution in [0.25, 0.3) is 0 Å². The maximum Gasteiger partial charge on any atom is 0.407 e. The summed E-state index contributed by atoms with van der Waals surface area (Å²) in [5, 5.41) is 11.7. The van der Waals surface area contributed by atoms with Crippen LogP contribution >= 0.6 is 11.6 Å². The lowest BCUT2D eigenvalue weighted by molar-refractivity contribution is -0.134. The molecule has 11 nitrogen and oxygen atoms in total. The molecule has 4 rings (SSSR count). The zero-order valence-electron chi connectivity index (χ0n) is 19.4. The van der Waals surface area contributed by atoms with Crippen molar-refractivity contribution >= 4 is 41.2 Å². The SMILES string of the molecule is O=C1CCN(c2cc(OCC(=O)N3CCC(CN4CCN(C(=O)O)CC4)CC3)ccc2Cl)C(=O)N1. The maximum atomic E-state index is 12.7. The highest BCUT2D eigenvalue weighted by Gasteiger charge is 2.28. The van der Waals surface area contributed by atoms with E-state index in [1.165, 1.54) is 9.80 Å². The molecule has 2 N–H and O–H groups in total. The van der Waals surface area contributed by atoms with Gasteiger partial charge in [0.2, 0.25) is 5.91 Å². The van der Waals surface area contributed by atoms with E-state index >= 15 is 0 Å². The lowest BCUT2D eigenvalue weighted by Crippen LogP contribution is -2.50. The van der Waals surface area contributed by atoms with Gasteiger partial charge in [-0.2, -0.15) is 0 Å². The van der Waals surface area contributed by atoms with E-state index in [1.54, 1.807) is 23.1 Å². The van der Waals surface area contributed by atoms with Gasteiger partial charge in [-0.25, -0.2) is 9.59 Å². The molecule has 0 unspecified atom stereocenters. The van der Waals surface area contributed by atoms with Crippen molar-refractivity contribution in [2.75, 3.05) is 63.9 Å². The highest BCUT2D eigenvalue weighted by Crippen LogP contribution is 2.31. The molecule has 0 saturated carbocycles. The van der Waals surface area contributed by atoms with Crippen LogP contribution in [-0.2, 0) is 9.59 Å². The van der Waals surface area contributed by atoms with Crippen molar-refractivity contribution in [1.82, 2.24) is 20.0 Å². The first-order valence-electron chi connectivity index (χ1n) is 11.8. The number of ether oxygens (including phenoxy) is 1. The number of nitrogens with one attached hydrogen (secondary N) is 1. The number of hydrogen-bond donors (Lipinski definition) is 2. The molecule has 35 heavy (non-hydrogen) atoms. The third kappa shape index (κ3) is 6.34. The van der Waals surface area contributed by atoms with Gasteiger partial charge in [0.1, 0.15) is 5.75 Å². The molecule has 0 radical (unpaired) electrons. The Balaban J connectivity index is 1.22. The third-order valence-corrected chi connectivity index (χ3v) is 7.07. The molecule has 1 aromatic rings. The van der Waals surface area contributed by atoms with E-state index in [2.05, 4.69) is 10.2 Å². The average molecular weight is 508 g/mol. The lowest BCUT2D eigenvalue weighted by Gasteiger charge is -2.38. The van der Waals surface area contributed by atoms with Crippen LogP contribution in [0, 0.1) is 5.92 Å². The summed E-state index contributed by atoms with van der Waals surface area (Å²) >= 11 is 6.25. The zero-order valence-corrected chi connectivity index (χ0v) is 20.2. The Labute approximate surface area is 208 Å². The predicted molar refractivity (Wildman–Crippen MR) is 128 cm³/mol. The Morgan fingerprint density at radius 2 is 1.74 bits per heavy atom. The van der Waals surface area contributed by atoms with Gasteiger partial charge in [-0.05, 0) is 30.9 Å². The second-order valence-corrected chi connectivity index (χ2v) is 9.46. The first kappa shape index (κ1) is 25.1. The van der Waals surface area contributed by atoms with Gasteiger partial charge in [-0.15, -0.1) is 0 Å². The van der Waals surface area contributed by atoms with Crippen LogP contribution in [0.3, 0.4) is 0 Å². The molecule has 0 bridgehead atoms. The van der Waals surface area contributed by atoms with E-state index in [0.29, 0.717) is 48.6 Å². The van der Waals surface area contributed by atoms with Crippen LogP contribution in [0.5, 0.6) is 5.75 Å². The van der Waals surface area contributed by atoms with Crippen molar-refractivity contribution in [3.05, 3.63) is 23.2 Å². The molecule has 0 spiro atoms. The minimum absolute atomic E-state index is 0.101. The number of rotatable bonds is 6. The third-order valence-electron chi connectivity index (χ3n) is 6.75. The van der Waals surface area contributed by atoms with Crippen molar-refractivity contribution in [2.45, 2.75) is 19.3 Å². The fourth-order valence-corrected chi connectivity index (χ4v) is 4.89. The predicted octanol–water partition coefficient (Wildman–Crippen LogP) is 1.70. The molecule has 0 aromatic heterocycles. The topological polar surface area (TPSA) is 123 Å². The number of carbonyl (C=O) groups excluding carboxylic acids is 3. The summed E-state index contributed by atoms with van der Waals surface area (Å²) in [5.74, 6) is 0.469. The van der Waals surface area contributed by atoms with Crippen molar-refractivity contribution < 1.29 is 29.0 Å². The van der Waals surface area contributed by atoms with Crippen LogP contribution in [0.1, 0.15) is 19.3 Å². The summed E-state index contributed by atoms with van der Waals surface area (Å²) in [4.78, 5) is 54.2. The fourth-order valence-electron chi connectivity index (χ4n) is 4.67. The summed E-state index contributed by atoms with van der Waals surface area (Å²) in [6.45, 7) is 4.93. The molecular formula is C23H30ClN5O6. The Morgan fingerprint density at radius 3 is 2.40 bits per heavy atom. The smallest absolute Gasteiger partial charge is 0.407 e. The number of amides is 5. The molecule has 0 aliphatic carbocycles. The maximum absolute atomic E-state index is 12.7. The number of anilines is 1. The number of benzene rings is 1. The van der Waals surface area contributed by atoms with E-state index in [0.717, 1.165) is 32.5 Å². The lowest BCUT2D eigenvalue weighted by atomic mass is 9.96. The van der Waals surface area contributed by atoms with Gasteiger partial charge in [0.05, 0.1) is 10.7 Å². The second kappa shape index (κ2) is 11.1. The van der Waals surface area contributed by atoms with Crippen molar-refractivity contribution in [1.29, 1.82) is 0 Å². The highest BCUT2D eigenvalue weighted by atomic mass is 35.5. The first-order chi connectivity index (χ1) is 16.8. The van der Waals surface area contributed by atoms with Crippen LogP contribution in [0.2, 0.25) is 5.02 Å². The van der Waals surface area contributed by atoms with Gasteiger partial charge in [0.15, 0.2) is 6.61 Å². The molecule has 12 heteroatoms. The number of carbonyl (C=O) groups is 4. The highest BCUT2D eigenvalue weighted by molar-refractivity contribution is 6.34. The molecule has 3 aliphatic heterocycles. The Morgan fingerprint density at radius 1 is 1.03 bits per heavy atom. The number of likely N-dealkylation sites (tertiary alicyclic amines) is 1. The van der Waals surface area contributed by atoms with Crippen LogP contribution < -0.4 is 15.0 Å². The Bertz CT molecular complexity index is 975. The summed E-state index contributed by atoms with van der Waals surface area (Å²) in [6.07, 6.45) is 1.12. The van der Waals surface area contributed by atoms with Gasteiger partial charge >= 0.3 is 12.1 Å². The number of piperidine rings is 1. The van der Waals surface area contributed by atoms with Gasteiger partial charge < -0.3 is 19.6 Å². The molecule has 3 aliphatic rings. The van der Waals surface area contributed by atoms with Gasteiger partial charge in [0, 0.05) is 64.8 Å². The van der Waals surface area contributed by atoms with Crippen molar-refractivity contribution in [3.63, 3.8) is 0 Å². The first-order valence-corrected chi connectivity index (χ1v) is 12.2. The van der Waals surface area contributed by atoms with Gasteiger partial charge in [0.25, 0.3) is 5.91 Å². The monoisotopic (exact) mass is 507 g/mol. The van der Waals surface area contributed by atoms with E-state index in [4.69, 9.17) is 21.4 Å². The largest absolute Gasteiger partial charge is 0.484 e. The summed E-state index contributed by atoms with van der Waals surface area (Å²) in [6, 6.07) is 4.30. The summed E-state index contributed by atoms with van der Waals surface area (Å²) in [7, 11) is 0.